The van der Waals surface area contributed by atoms with Crippen molar-refractivity contribution in [2.24, 2.45) is 0 Å². The third-order valence-corrected chi connectivity index (χ3v) is 6.94. The number of ether oxygens (including phenoxy) is 1. The third kappa shape index (κ3) is 3.64. The van der Waals surface area contributed by atoms with Crippen molar-refractivity contribution in [2.45, 2.75) is 24.8 Å². The molecule has 0 aliphatic carbocycles. The monoisotopic (exact) mass is 432 g/mol. The van der Waals surface area contributed by atoms with Gasteiger partial charge in [-0.1, -0.05) is 23.8 Å². The Balaban J connectivity index is 1.51. The van der Waals surface area contributed by atoms with Gasteiger partial charge in [-0.25, -0.2) is 0 Å². The van der Waals surface area contributed by atoms with E-state index < -0.39 is 10.1 Å². The number of rotatable bonds is 4. The zero-order valence-electron chi connectivity index (χ0n) is 17.3. The summed E-state index contributed by atoms with van der Waals surface area (Å²) in [6, 6.07) is 20.3. The van der Waals surface area contributed by atoms with Gasteiger partial charge in [0, 0.05) is 23.4 Å². The number of aryl methyl sites for hydroxylation is 3. The van der Waals surface area contributed by atoms with Crippen LogP contribution in [0.25, 0.3) is 22.0 Å². The molecule has 2 heterocycles. The Morgan fingerprint density at radius 2 is 1.65 bits per heavy atom. The molecule has 1 aliphatic rings. The maximum absolute atomic E-state index is 12.6. The predicted octanol–water partition coefficient (Wildman–Crippen LogP) is 4.44. The summed E-state index contributed by atoms with van der Waals surface area (Å²) in [5.74, 6) is 1.17. The highest BCUT2D eigenvalue weighted by Gasteiger charge is 2.24. The normalized spacial score (nSPS) is 12.8. The molecule has 0 radical (unpaired) electrons. The summed E-state index contributed by atoms with van der Waals surface area (Å²) >= 11 is 0. The summed E-state index contributed by atoms with van der Waals surface area (Å²) in [5, 5.41) is 1.95. The van der Waals surface area contributed by atoms with Gasteiger partial charge in [0.15, 0.2) is 12.7 Å². The van der Waals surface area contributed by atoms with Crippen molar-refractivity contribution >= 4 is 20.9 Å². The molecule has 0 saturated heterocycles. The first-order chi connectivity index (χ1) is 14.9. The smallest absolute Gasteiger partial charge is 0.339 e. The van der Waals surface area contributed by atoms with Gasteiger partial charge in [0.05, 0.1) is 7.11 Å². The summed E-state index contributed by atoms with van der Waals surface area (Å²) in [6.45, 7) is 2.76. The van der Waals surface area contributed by atoms with Gasteiger partial charge in [0.2, 0.25) is 5.69 Å². The molecule has 1 aromatic heterocycles. The quantitative estimate of drug-likeness (QED) is 0.354. The summed E-state index contributed by atoms with van der Waals surface area (Å²) in [5.41, 5.74) is 4.59. The molecule has 0 atom stereocenters. The minimum Gasteiger partial charge on any atom is -0.497 e. The lowest BCUT2D eigenvalue weighted by atomic mass is 9.96. The number of hydrogen-bond acceptors (Lipinski definition) is 4. The maximum Gasteiger partial charge on any atom is 0.339 e. The van der Waals surface area contributed by atoms with Crippen molar-refractivity contribution in [2.75, 3.05) is 7.11 Å². The molecule has 0 N–H and O–H groups in total. The molecule has 0 saturated carbocycles. The van der Waals surface area contributed by atoms with Crippen molar-refractivity contribution < 1.29 is 21.9 Å². The van der Waals surface area contributed by atoms with Crippen LogP contribution in [0.4, 0.5) is 0 Å². The Hall–Kier alpha value is -3.38. The van der Waals surface area contributed by atoms with Gasteiger partial charge in [-0.05, 0) is 60.3 Å². The van der Waals surface area contributed by atoms with Crippen molar-refractivity contribution in [1.82, 2.24) is 0 Å². The van der Waals surface area contributed by atoms with Crippen LogP contribution in [-0.2, 0) is 23.1 Å². The lowest BCUT2D eigenvalue weighted by Crippen LogP contribution is -2.39. The van der Waals surface area contributed by atoms with Gasteiger partial charge in [0.25, 0.3) is 0 Å². The van der Waals surface area contributed by atoms with Crippen LogP contribution in [0.3, 0.4) is 0 Å². The third-order valence-electron chi connectivity index (χ3n) is 5.68. The van der Waals surface area contributed by atoms with Crippen LogP contribution in [0.5, 0.6) is 11.5 Å². The van der Waals surface area contributed by atoms with Gasteiger partial charge < -0.3 is 8.92 Å². The second-order valence-electron chi connectivity index (χ2n) is 7.77. The fraction of sp³-hybridized carbons (Fsp3) is 0.160. The number of fused-ring (bicyclic) bond motifs is 4. The summed E-state index contributed by atoms with van der Waals surface area (Å²) in [4.78, 5) is 0.144. The number of benzene rings is 3. The Kier molecular flexibility index (Phi) is 4.67. The highest BCUT2D eigenvalue weighted by Crippen LogP contribution is 2.31. The molecular formula is C25H22NO4S+. The van der Waals surface area contributed by atoms with E-state index in [1.807, 2.05) is 19.1 Å². The Labute approximate surface area is 181 Å². The average molecular weight is 433 g/mol. The van der Waals surface area contributed by atoms with Crippen molar-refractivity contribution in [3.05, 3.63) is 84.1 Å². The van der Waals surface area contributed by atoms with Crippen LogP contribution >= 0.6 is 0 Å². The van der Waals surface area contributed by atoms with Gasteiger partial charge in [-0.3, -0.25) is 0 Å². The largest absolute Gasteiger partial charge is 0.497 e. The fourth-order valence-corrected chi connectivity index (χ4v) is 4.93. The fourth-order valence-electron chi connectivity index (χ4n) is 4.01. The average Bonchev–Trinajstić information content (AvgIpc) is 2.77. The zero-order chi connectivity index (χ0) is 21.6. The highest BCUT2D eigenvalue weighted by molar-refractivity contribution is 7.87. The van der Waals surface area contributed by atoms with Crippen LogP contribution in [0.1, 0.15) is 11.1 Å². The minimum absolute atomic E-state index is 0.144. The van der Waals surface area contributed by atoms with Gasteiger partial charge in [-0.15, -0.1) is 0 Å². The molecular weight excluding hydrogens is 410 g/mol. The van der Waals surface area contributed by atoms with E-state index in [4.69, 9.17) is 8.92 Å². The lowest BCUT2D eigenvalue weighted by molar-refractivity contribution is -0.686. The number of methoxy groups -OCH3 is 1. The maximum atomic E-state index is 12.6. The number of nitrogens with zero attached hydrogens (tertiary/aromatic N) is 1. The first kappa shape index (κ1) is 19.6. The van der Waals surface area contributed by atoms with Gasteiger partial charge in [-0.2, -0.15) is 13.0 Å². The number of aromatic nitrogens is 1. The highest BCUT2D eigenvalue weighted by atomic mass is 32.2. The van der Waals surface area contributed by atoms with Gasteiger partial charge >= 0.3 is 10.1 Å². The number of hydrogen-bond donors (Lipinski definition) is 0. The van der Waals surface area contributed by atoms with Gasteiger partial charge in [0.1, 0.15) is 16.4 Å². The van der Waals surface area contributed by atoms with E-state index >= 15 is 0 Å². The van der Waals surface area contributed by atoms with E-state index in [1.54, 1.807) is 43.5 Å². The van der Waals surface area contributed by atoms with E-state index in [0.717, 1.165) is 40.7 Å². The molecule has 31 heavy (non-hydrogen) atoms. The standard InChI is InChI=1S/C25H22NO4S/c1-17-3-8-23(9-4-17)31(27,28)30-22-6-5-18-15-25-24-10-7-21(29-2)13-19(24)11-12-26(25)16-20(18)14-22/h3-10,13-16H,11-12H2,1-2H3/q+1. The van der Waals surface area contributed by atoms with E-state index in [2.05, 4.69) is 29.0 Å². The molecule has 5 nitrogen and oxygen atoms in total. The SMILES string of the molecule is COc1ccc2c(c1)CC[n+]1cc3cc(OS(=O)(=O)c4ccc(C)cc4)ccc3cc1-2. The molecule has 0 fully saturated rings. The molecule has 5 rings (SSSR count). The lowest BCUT2D eigenvalue weighted by Gasteiger charge is -2.16. The topological polar surface area (TPSA) is 56.5 Å². The summed E-state index contributed by atoms with van der Waals surface area (Å²) < 4.78 is 38.2. The Morgan fingerprint density at radius 3 is 2.42 bits per heavy atom. The molecule has 1 aliphatic heterocycles. The van der Waals surface area contributed by atoms with Crippen molar-refractivity contribution in [1.29, 1.82) is 0 Å². The molecule has 156 valence electrons. The first-order valence-corrected chi connectivity index (χ1v) is 11.5. The second-order valence-corrected chi connectivity index (χ2v) is 9.31. The number of pyridine rings is 1. The van der Waals surface area contributed by atoms with E-state index in [1.165, 1.54) is 11.1 Å². The Morgan fingerprint density at radius 1 is 0.871 bits per heavy atom. The van der Waals surface area contributed by atoms with Crippen molar-refractivity contribution in [3.63, 3.8) is 0 Å². The molecule has 0 spiro atoms. The van der Waals surface area contributed by atoms with E-state index in [-0.39, 0.29) is 4.90 Å². The van der Waals surface area contributed by atoms with Crippen LogP contribution in [-0.4, -0.2) is 15.5 Å². The summed E-state index contributed by atoms with van der Waals surface area (Å²) in [6.07, 6.45) is 2.97. The summed E-state index contributed by atoms with van der Waals surface area (Å²) in [7, 11) is -2.20. The Bertz CT molecular complexity index is 1410. The molecule has 0 amide bonds. The van der Waals surface area contributed by atoms with E-state index in [0.29, 0.717) is 5.75 Å². The van der Waals surface area contributed by atoms with Crippen molar-refractivity contribution in [3.8, 4) is 22.8 Å². The van der Waals surface area contributed by atoms with Crippen LogP contribution in [0.15, 0.2) is 77.8 Å². The predicted molar refractivity (Wildman–Crippen MR) is 119 cm³/mol. The first-order valence-electron chi connectivity index (χ1n) is 10.1. The molecule has 4 aromatic rings. The van der Waals surface area contributed by atoms with Crippen LogP contribution < -0.4 is 13.5 Å². The van der Waals surface area contributed by atoms with Crippen LogP contribution in [0, 0.1) is 6.92 Å². The second kappa shape index (κ2) is 7.39. The molecule has 0 bridgehead atoms. The molecule has 6 heteroatoms. The van der Waals surface area contributed by atoms with Crippen LogP contribution in [0.2, 0.25) is 0 Å². The van der Waals surface area contributed by atoms with E-state index in [9.17, 15) is 8.42 Å². The minimum atomic E-state index is -3.88. The zero-order valence-corrected chi connectivity index (χ0v) is 18.1. The molecule has 0 unspecified atom stereocenters. The molecule has 3 aromatic carbocycles.